The molecule has 0 heterocycles. The first-order valence-corrected chi connectivity index (χ1v) is 7.40. The van der Waals surface area contributed by atoms with Crippen LogP contribution in [0.15, 0.2) is 18.2 Å². The molecule has 1 aromatic carbocycles. The molecule has 0 spiro atoms. The fourth-order valence-electron chi connectivity index (χ4n) is 2.55. The first-order valence-electron chi connectivity index (χ1n) is 7.40. The van der Waals surface area contributed by atoms with E-state index in [1.807, 2.05) is 18.2 Å². The minimum atomic E-state index is -0.0803. The van der Waals surface area contributed by atoms with Crippen molar-refractivity contribution in [1.82, 2.24) is 4.90 Å². The summed E-state index contributed by atoms with van der Waals surface area (Å²) in [5.74, 6) is 1.56. The Morgan fingerprint density at radius 1 is 1.24 bits per heavy atom. The first-order chi connectivity index (χ1) is 10.2. The fraction of sp³-hybridized carbons (Fsp3) is 0.625. The lowest BCUT2D eigenvalue weighted by Crippen LogP contribution is -2.36. The monoisotopic (exact) mass is 294 g/mol. The molecule has 5 heteroatoms. The second-order valence-electron chi connectivity index (χ2n) is 5.43. The zero-order valence-electron chi connectivity index (χ0n) is 13.2. The van der Waals surface area contributed by atoms with Crippen LogP contribution in [0.1, 0.15) is 24.4 Å². The minimum Gasteiger partial charge on any atom is -0.497 e. The van der Waals surface area contributed by atoms with Gasteiger partial charge in [0.2, 0.25) is 0 Å². The molecule has 5 nitrogen and oxygen atoms in total. The molecule has 118 valence electrons. The molecule has 21 heavy (non-hydrogen) atoms. The Labute approximate surface area is 127 Å². The summed E-state index contributed by atoms with van der Waals surface area (Å²) in [6, 6.07) is 6.38. The van der Waals surface area contributed by atoms with Crippen molar-refractivity contribution in [3.05, 3.63) is 23.8 Å². The lowest BCUT2D eigenvalue weighted by Gasteiger charge is -2.26. The molecular weight excluding hydrogens is 268 g/mol. The number of ether oxygens (including phenoxy) is 3. The van der Waals surface area contributed by atoms with Crippen molar-refractivity contribution in [1.29, 1.82) is 0 Å². The fourth-order valence-corrected chi connectivity index (χ4v) is 2.55. The molecule has 1 aliphatic rings. The lowest BCUT2D eigenvalue weighted by atomic mass is 10.1. The second-order valence-corrected chi connectivity index (χ2v) is 5.43. The average molecular weight is 294 g/mol. The number of benzene rings is 1. The van der Waals surface area contributed by atoms with Crippen molar-refractivity contribution in [3.63, 3.8) is 0 Å². The van der Waals surface area contributed by atoms with Gasteiger partial charge in [-0.1, -0.05) is 6.07 Å². The summed E-state index contributed by atoms with van der Waals surface area (Å²) in [5, 5.41) is 0. The van der Waals surface area contributed by atoms with E-state index >= 15 is 0 Å². The SMILES string of the molecule is COCCN(CC(N)c1ccc(OC)cc1OC)C1CC1. The Bertz CT molecular complexity index is 449. The Kier molecular flexibility index (Phi) is 5.85. The van der Waals surface area contributed by atoms with Gasteiger partial charge >= 0.3 is 0 Å². The molecule has 0 aromatic heterocycles. The zero-order valence-corrected chi connectivity index (χ0v) is 13.2. The van der Waals surface area contributed by atoms with E-state index in [4.69, 9.17) is 19.9 Å². The van der Waals surface area contributed by atoms with Crippen LogP contribution in [0.25, 0.3) is 0 Å². The van der Waals surface area contributed by atoms with Crippen LogP contribution < -0.4 is 15.2 Å². The molecule has 0 aliphatic heterocycles. The van der Waals surface area contributed by atoms with Crippen LogP contribution in [0.2, 0.25) is 0 Å². The Balaban J connectivity index is 2.05. The van der Waals surface area contributed by atoms with Crippen LogP contribution >= 0.6 is 0 Å². The molecule has 1 saturated carbocycles. The van der Waals surface area contributed by atoms with E-state index in [2.05, 4.69) is 4.90 Å². The number of methoxy groups -OCH3 is 3. The minimum absolute atomic E-state index is 0.0803. The molecule has 1 fully saturated rings. The molecular formula is C16H26N2O3. The van der Waals surface area contributed by atoms with Crippen LogP contribution in [0, 0.1) is 0 Å². The molecule has 2 rings (SSSR count). The quantitative estimate of drug-likeness (QED) is 0.753. The number of hydrogen-bond donors (Lipinski definition) is 1. The maximum atomic E-state index is 6.40. The van der Waals surface area contributed by atoms with Crippen molar-refractivity contribution in [2.24, 2.45) is 5.73 Å². The highest BCUT2D eigenvalue weighted by molar-refractivity contribution is 5.42. The highest BCUT2D eigenvalue weighted by atomic mass is 16.5. The molecule has 0 radical (unpaired) electrons. The highest BCUT2D eigenvalue weighted by Gasteiger charge is 2.30. The van der Waals surface area contributed by atoms with Gasteiger partial charge in [-0.25, -0.2) is 0 Å². The van der Waals surface area contributed by atoms with Gasteiger partial charge in [-0.15, -0.1) is 0 Å². The smallest absolute Gasteiger partial charge is 0.127 e. The molecule has 1 aliphatic carbocycles. The van der Waals surface area contributed by atoms with Gasteiger partial charge < -0.3 is 19.9 Å². The van der Waals surface area contributed by atoms with Crippen molar-refractivity contribution < 1.29 is 14.2 Å². The summed E-state index contributed by atoms with van der Waals surface area (Å²) in [7, 11) is 5.04. The van der Waals surface area contributed by atoms with Crippen molar-refractivity contribution in [2.75, 3.05) is 41.0 Å². The van der Waals surface area contributed by atoms with E-state index < -0.39 is 0 Å². The van der Waals surface area contributed by atoms with E-state index in [0.29, 0.717) is 6.04 Å². The van der Waals surface area contributed by atoms with Crippen LogP contribution in [0.3, 0.4) is 0 Å². The third-order valence-electron chi connectivity index (χ3n) is 3.92. The second kappa shape index (κ2) is 7.64. The predicted molar refractivity (Wildman–Crippen MR) is 82.9 cm³/mol. The molecule has 0 amide bonds. The van der Waals surface area contributed by atoms with Gasteiger partial charge in [-0.2, -0.15) is 0 Å². The standard InChI is InChI=1S/C16H26N2O3/c1-19-9-8-18(12-4-5-12)11-15(17)14-7-6-13(20-2)10-16(14)21-3/h6-7,10,12,15H,4-5,8-9,11,17H2,1-3H3. The van der Waals surface area contributed by atoms with Crippen LogP contribution in [0.5, 0.6) is 11.5 Å². The molecule has 2 N–H and O–H groups in total. The highest BCUT2D eigenvalue weighted by Crippen LogP contribution is 2.32. The number of nitrogens with zero attached hydrogens (tertiary/aromatic N) is 1. The van der Waals surface area contributed by atoms with Gasteiger partial charge in [-0.3, -0.25) is 4.90 Å². The average Bonchev–Trinajstić information content (AvgIpc) is 3.35. The van der Waals surface area contributed by atoms with Crippen molar-refractivity contribution >= 4 is 0 Å². The normalized spacial score (nSPS) is 16.0. The van der Waals surface area contributed by atoms with Gasteiger partial charge in [0.15, 0.2) is 0 Å². The van der Waals surface area contributed by atoms with Gasteiger partial charge in [0.1, 0.15) is 11.5 Å². The Morgan fingerprint density at radius 3 is 2.57 bits per heavy atom. The van der Waals surface area contributed by atoms with E-state index in [0.717, 1.165) is 36.8 Å². The van der Waals surface area contributed by atoms with Gasteiger partial charge in [0, 0.05) is 43.9 Å². The zero-order chi connectivity index (χ0) is 15.2. The Hall–Kier alpha value is -1.30. The van der Waals surface area contributed by atoms with E-state index in [9.17, 15) is 0 Å². The maximum Gasteiger partial charge on any atom is 0.127 e. The number of nitrogens with two attached hydrogens (primary N) is 1. The number of hydrogen-bond acceptors (Lipinski definition) is 5. The van der Waals surface area contributed by atoms with Gasteiger partial charge in [0.05, 0.1) is 20.8 Å². The Morgan fingerprint density at radius 2 is 2.00 bits per heavy atom. The van der Waals surface area contributed by atoms with Crippen molar-refractivity contribution in [2.45, 2.75) is 24.9 Å². The maximum absolute atomic E-state index is 6.40. The molecule has 1 atom stereocenters. The lowest BCUT2D eigenvalue weighted by molar-refractivity contribution is 0.139. The molecule has 0 bridgehead atoms. The van der Waals surface area contributed by atoms with Gasteiger partial charge in [0.25, 0.3) is 0 Å². The third-order valence-corrected chi connectivity index (χ3v) is 3.92. The van der Waals surface area contributed by atoms with Crippen LogP contribution in [-0.2, 0) is 4.74 Å². The summed E-state index contributed by atoms with van der Waals surface area (Å²) >= 11 is 0. The summed E-state index contributed by atoms with van der Waals surface area (Å²) in [5.41, 5.74) is 7.41. The molecule has 0 saturated heterocycles. The predicted octanol–water partition coefficient (Wildman–Crippen LogP) is 1.81. The largest absolute Gasteiger partial charge is 0.497 e. The summed E-state index contributed by atoms with van der Waals surface area (Å²) in [6.45, 7) is 2.48. The van der Waals surface area contributed by atoms with Gasteiger partial charge in [-0.05, 0) is 18.9 Å². The van der Waals surface area contributed by atoms with Crippen LogP contribution in [-0.4, -0.2) is 52.0 Å². The summed E-state index contributed by atoms with van der Waals surface area (Å²) < 4.78 is 15.9. The van der Waals surface area contributed by atoms with Crippen molar-refractivity contribution in [3.8, 4) is 11.5 Å². The third kappa shape index (κ3) is 4.33. The molecule has 1 unspecified atom stereocenters. The summed E-state index contributed by atoms with van der Waals surface area (Å²) in [4.78, 5) is 2.41. The summed E-state index contributed by atoms with van der Waals surface area (Å²) in [6.07, 6.45) is 2.52. The molecule has 1 aromatic rings. The van der Waals surface area contributed by atoms with Crippen LogP contribution in [0.4, 0.5) is 0 Å². The van der Waals surface area contributed by atoms with E-state index in [1.165, 1.54) is 12.8 Å². The van der Waals surface area contributed by atoms with E-state index in [1.54, 1.807) is 21.3 Å². The number of rotatable bonds is 9. The topological polar surface area (TPSA) is 57.0 Å². The first kappa shape index (κ1) is 16.1. The van der Waals surface area contributed by atoms with E-state index in [-0.39, 0.29) is 6.04 Å².